The van der Waals surface area contributed by atoms with E-state index in [-0.39, 0.29) is 5.91 Å². The fourth-order valence-electron chi connectivity index (χ4n) is 4.54. The molecule has 2 aliphatic heterocycles. The average Bonchev–Trinajstić information content (AvgIpc) is 3.10. The highest BCUT2D eigenvalue weighted by Gasteiger charge is 2.60. The number of nitrogens with zero attached hydrogens (tertiary/aromatic N) is 2. The summed E-state index contributed by atoms with van der Waals surface area (Å²) in [5.74, 6) is -2.88. The Morgan fingerprint density at radius 2 is 1.70 bits per heavy atom. The minimum absolute atomic E-state index is 0.304. The molecule has 37 heavy (non-hydrogen) atoms. The Labute approximate surface area is 228 Å². The first-order valence-electron chi connectivity index (χ1n) is 11.5. The third-order valence-corrected chi connectivity index (χ3v) is 7.35. The Morgan fingerprint density at radius 3 is 2.27 bits per heavy atom. The van der Waals surface area contributed by atoms with E-state index < -0.39 is 58.8 Å². The normalized spacial score (nSPS) is 23.4. The number of carbonyl (C=O) groups is 4. The molecule has 2 heterocycles. The summed E-state index contributed by atoms with van der Waals surface area (Å²) < 4.78 is 5.91. The lowest BCUT2D eigenvalue weighted by Gasteiger charge is -2.51. The van der Waals surface area contributed by atoms with Gasteiger partial charge in [-0.1, -0.05) is 58.4 Å². The van der Waals surface area contributed by atoms with Crippen molar-refractivity contribution in [1.82, 2.24) is 15.1 Å². The van der Waals surface area contributed by atoms with Gasteiger partial charge in [-0.2, -0.15) is 12.6 Å². The number of ketones is 1. The van der Waals surface area contributed by atoms with Crippen LogP contribution in [-0.4, -0.2) is 62.2 Å². The number of ether oxygens (including phenoxy) is 1. The number of likely N-dealkylation sites (tertiary alicyclic amines) is 1. The summed E-state index contributed by atoms with van der Waals surface area (Å²) in [5.41, 5.74) is -0.222. The number of aliphatic hydroxyl groups excluding tert-OH is 1. The number of allylic oxidation sites excluding steroid dienone is 1. The van der Waals surface area contributed by atoms with Gasteiger partial charge in [0.1, 0.15) is 23.2 Å². The molecule has 9 nitrogen and oxygen atoms in total. The molecule has 2 N–H and O–H groups in total. The smallest absolute Gasteiger partial charge is 0.359 e. The van der Waals surface area contributed by atoms with Gasteiger partial charge in [0.05, 0.1) is 5.66 Å². The molecule has 0 bridgehead atoms. The van der Waals surface area contributed by atoms with Crippen LogP contribution >= 0.6 is 28.6 Å². The van der Waals surface area contributed by atoms with E-state index in [1.807, 2.05) is 30.3 Å². The lowest BCUT2D eigenvalue weighted by Crippen LogP contribution is -2.72. The van der Waals surface area contributed by atoms with Crippen LogP contribution in [0.25, 0.3) is 0 Å². The lowest BCUT2D eigenvalue weighted by molar-refractivity contribution is -0.163. The van der Waals surface area contributed by atoms with E-state index in [0.29, 0.717) is 5.56 Å². The highest BCUT2D eigenvalue weighted by molar-refractivity contribution is 9.10. The zero-order valence-corrected chi connectivity index (χ0v) is 22.8. The van der Waals surface area contributed by atoms with E-state index in [0.717, 1.165) is 14.9 Å². The molecular formula is C26H26BrN3O6S. The number of benzene rings is 2. The van der Waals surface area contributed by atoms with Crippen molar-refractivity contribution in [3.63, 3.8) is 0 Å². The van der Waals surface area contributed by atoms with Crippen molar-refractivity contribution in [3.05, 3.63) is 81.7 Å². The Morgan fingerprint density at radius 1 is 1.08 bits per heavy atom. The van der Waals surface area contributed by atoms with E-state index in [1.165, 1.54) is 11.8 Å². The van der Waals surface area contributed by atoms with Gasteiger partial charge in [-0.3, -0.25) is 24.6 Å². The van der Waals surface area contributed by atoms with Crippen LogP contribution in [0.4, 0.5) is 0 Å². The first-order chi connectivity index (χ1) is 17.4. The number of rotatable bonds is 7. The summed E-state index contributed by atoms with van der Waals surface area (Å²) in [6.45, 7) is 4.20. The summed E-state index contributed by atoms with van der Waals surface area (Å²) >= 11 is 7.79. The van der Waals surface area contributed by atoms with Gasteiger partial charge in [0, 0.05) is 10.0 Å². The minimum Gasteiger partial charge on any atom is -0.510 e. The molecule has 3 atom stereocenters. The minimum atomic E-state index is -1.05. The molecule has 2 aromatic rings. The summed E-state index contributed by atoms with van der Waals surface area (Å²) in [7, 11) is 0. The molecule has 2 aliphatic rings. The van der Waals surface area contributed by atoms with Gasteiger partial charge in [-0.15, -0.1) is 0 Å². The van der Waals surface area contributed by atoms with Crippen LogP contribution in [-0.2, 0) is 19.1 Å². The zero-order valence-electron chi connectivity index (χ0n) is 20.3. The van der Waals surface area contributed by atoms with E-state index in [4.69, 9.17) is 4.74 Å². The van der Waals surface area contributed by atoms with Gasteiger partial charge < -0.3 is 14.7 Å². The fraction of sp³-hybridized carbons (Fsp3) is 0.308. The van der Waals surface area contributed by atoms with Crippen molar-refractivity contribution in [2.45, 2.75) is 43.9 Å². The molecular weight excluding hydrogens is 562 g/mol. The standard InChI is InChI=1S/C26H26BrN3O6S/c1-14(31)20(25(35)36-13-18(32)15-9-11-17(27)12-10-15)29-23(34)21(24(29)37)30-22(33)19(28-26(30,2)3)16-7-5-4-6-8-16/h4-12,19,21,24,28,31,37H,13H2,1-3H3/b20-14-. The van der Waals surface area contributed by atoms with Crippen LogP contribution in [0, 0.1) is 0 Å². The number of amides is 2. The Balaban J connectivity index is 1.49. The SMILES string of the molecule is C/C(O)=C(\C(=O)OCC(=O)c1ccc(Br)cc1)N1C(=O)C(N2C(=O)C(c3ccccc3)NC2(C)C)C1S. The van der Waals surface area contributed by atoms with Gasteiger partial charge in [0.15, 0.2) is 18.1 Å². The molecule has 2 saturated heterocycles. The Hall–Kier alpha value is -3.15. The van der Waals surface area contributed by atoms with E-state index in [9.17, 15) is 24.3 Å². The van der Waals surface area contributed by atoms with Gasteiger partial charge in [-0.05, 0) is 38.5 Å². The average molecular weight is 588 g/mol. The van der Waals surface area contributed by atoms with Crippen LogP contribution in [0.15, 0.2) is 70.5 Å². The molecule has 194 valence electrons. The second-order valence-corrected chi connectivity index (χ2v) is 10.7. The molecule has 2 amide bonds. The summed E-state index contributed by atoms with van der Waals surface area (Å²) in [6, 6.07) is 14.0. The summed E-state index contributed by atoms with van der Waals surface area (Å²) in [5, 5.41) is 12.6. The number of esters is 1. The second-order valence-electron chi connectivity index (χ2n) is 9.26. The second kappa shape index (κ2) is 10.3. The number of thiol groups is 1. The molecule has 4 rings (SSSR count). The molecule has 3 unspecified atom stereocenters. The quantitative estimate of drug-likeness (QED) is 0.114. The van der Waals surface area contributed by atoms with Gasteiger partial charge >= 0.3 is 5.97 Å². The van der Waals surface area contributed by atoms with E-state index in [2.05, 4.69) is 33.9 Å². The van der Waals surface area contributed by atoms with Crippen LogP contribution in [0.3, 0.4) is 0 Å². The fourth-order valence-corrected chi connectivity index (χ4v) is 5.29. The van der Waals surface area contributed by atoms with Gasteiger partial charge in [-0.25, -0.2) is 4.79 Å². The van der Waals surface area contributed by atoms with Crippen LogP contribution in [0.1, 0.15) is 42.7 Å². The third-order valence-electron chi connectivity index (χ3n) is 6.31. The third kappa shape index (κ3) is 5.03. The van der Waals surface area contributed by atoms with Crippen molar-refractivity contribution in [3.8, 4) is 0 Å². The maximum atomic E-state index is 13.4. The summed E-state index contributed by atoms with van der Waals surface area (Å²) in [4.78, 5) is 54.3. The number of halogens is 1. The van der Waals surface area contributed by atoms with E-state index >= 15 is 0 Å². The van der Waals surface area contributed by atoms with Crippen molar-refractivity contribution in [1.29, 1.82) is 0 Å². The predicted molar refractivity (Wildman–Crippen MR) is 141 cm³/mol. The number of nitrogens with one attached hydrogen (secondary N) is 1. The topological polar surface area (TPSA) is 116 Å². The van der Waals surface area contributed by atoms with Crippen molar-refractivity contribution in [2.75, 3.05) is 6.61 Å². The monoisotopic (exact) mass is 587 g/mol. The lowest BCUT2D eigenvalue weighted by atomic mass is 10.00. The maximum Gasteiger partial charge on any atom is 0.359 e. The van der Waals surface area contributed by atoms with Crippen LogP contribution in [0.5, 0.6) is 0 Å². The first-order valence-corrected chi connectivity index (χ1v) is 12.8. The molecule has 0 aliphatic carbocycles. The molecule has 0 saturated carbocycles. The number of hydrogen-bond acceptors (Lipinski definition) is 8. The summed E-state index contributed by atoms with van der Waals surface area (Å²) in [6.07, 6.45) is 0. The molecule has 11 heteroatoms. The van der Waals surface area contributed by atoms with Gasteiger partial charge in [0.2, 0.25) is 5.91 Å². The zero-order chi connectivity index (χ0) is 27.1. The number of Topliss-reactive ketones (excluding diaryl/α,β-unsaturated/α-hetero) is 1. The van der Waals surface area contributed by atoms with E-state index in [1.54, 1.807) is 38.1 Å². The number of aliphatic hydroxyl groups is 1. The highest BCUT2D eigenvalue weighted by atomic mass is 79.9. The molecule has 0 aromatic heterocycles. The molecule has 2 aromatic carbocycles. The molecule has 0 radical (unpaired) electrons. The van der Waals surface area contributed by atoms with Gasteiger partial charge in [0.25, 0.3) is 5.91 Å². The molecule has 2 fully saturated rings. The maximum absolute atomic E-state index is 13.4. The van der Waals surface area contributed by atoms with Crippen LogP contribution in [0.2, 0.25) is 0 Å². The number of carbonyl (C=O) groups excluding carboxylic acids is 4. The number of β-lactam (4-membered cyclic amide) rings is 1. The van der Waals surface area contributed by atoms with Crippen molar-refractivity contribution >= 4 is 52.1 Å². The highest BCUT2D eigenvalue weighted by Crippen LogP contribution is 2.40. The van der Waals surface area contributed by atoms with Crippen molar-refractivity contribution in [2.24, 2.45) is 0 Å². The molecule has 0 spiro atoms. The van der Waals surface area contributed by atoms with Crippen molar-refractivity contribution < 1.29 is 29.0 Å². The number of hydrogen-bond donors (Lipinski definition) is 3. The van der Waals surface area contributed by atoms with Crippen LogP contribution < -0.4 is 5.32 Å². The Kier molecular flexibility index (Phi) is 7.50. The first kappa shape index (κ1) is 26.9. The Bertz CT molecular complexity index is 1280. The predicted octanol–water partition coefficient (Wildman–Crippen LogP) is 3.34. The largest absolute Gasteiger partial charge is 0.510 e.